The van der Waals surface area contributed by atoms with Crippen LogP contribution in [0.15, 0.2) is 18.7 Å². The Morgan fingerprint density at radius 3 is 2.94 bits per heavy atom. The van der Waals surface area contributed by atoms with E-state index >= 15 is 0 Å². The summed E-state index contributed by atoms with van der Waals surface area (Å²) in [6, 6.07) is 0. The number of aryl methyl sites for hydroxylation is 1. The molecule has 1 fully saturated rings. The Hall–Kier alpha value is -0.870. The SMILES string of the molecule is CC1(NCCCn2ccnc2)CCOCC1. The number of hydrogen-bond donors (Lipinski definition) is 1. The maximum Gasteiger partial charge on any atom is 0.0945 e. The number of nitrogens with one attached hydrogen (secondary N) is 1. The minimum absolute atomic E-state index is 0.285. The zero-order chi connectivity index (χ0) is 11.3. The van der Waals surface area contributed by atoms with Crippen LogP contribution in [0, 0.1) is 0 Å². The Morgan fingerprint density at radius 1 is 1.44 bits per heavy atom. The molecule has 1 aromatic heterocycles. The van der Waals surface area contributed by atoms with Crippen molar-refractivity contribution in [1.82, 2.24) is 14.9 Å². The lowest BCUT2D eigenvalue weighted by Gasteiger charge is -2.34. The third kappa shape index (κ3) is 3.32. The molecule has 0 atom stereocenters. The summed E-state index contributed by atoms with van der Waals surface area (Å²) in [7, 11) is 0. The van der Waals surface area contributed by atoms with Gasteiger partial charge in [-0.25, -0.2) is 4.98 Å². The van der Waals surface area contributed by atoms with E-state index < -0.39 is 0 Å². The van der Waals surface area contributed by atoms with Gasteiger partial charge in [0.15, 0.2) is 0 Å². The van der Waals surface area contributed by atoms with Gasteiger partial charge in [-0.1, -0.05) is 0 Å². The average molecular weight is 223 g/mol. The predicted molar refractivity (Wildman–Crippen MR) is 63.3 cm³/mol. The highest BCUT2D eigenvalue weighted by Gasteiger charge is 2.25. The van der Waals surface area contributed by atoms with Crippen molar-refractivity contribution >= 4 is 0 Å². The van der Waals surface area contributed by atoms with Crippen molar-refractivity contribution in [3.05, 3.63) is 18.7 Å². The van der Waals surface area contributed by atoms with Crippen LogP contribution in [0.3, 0.4) is 0 Å². The molecular formula is C12H21N3O. The molecule has 4 nitrogen and oxygen atoms in total. The van der Waals surface area contributed by atoms with Gasteiger partial charge >= 0.3 is 0 Å². The van der Waals surface area contributed by atoms with Crippen molar-refractivity contribution in [1.29, 1.82) is 0 Å². The summed E-state index contributed by atoms with van der Waals surface area (Å²) in [5.74, 6) is 0. The van der Waals surface area contributed by atoms with E-state index in [9.17, 15) is 0 Å². The van der Waals surface area contributed by atoms with Gasteiger partial charge < -0.3 is 14.6 Å². The van der Waals surface area contributed by atoms with Gasteiger partial charge in [0.25, 0.3) is 0 Å². The van der Waals surface area contributed by atoms with E-state index in [2.05, 4.69) is 21.8 Å². The highest BCUT2D eigenvalue weighted by atomic mass is 16.5. The zero-order valence-electron chi connectivity index (χ0n) is 9.98. The lowest BCUT2D eigenvalue weighted by atomic mass is 9.92. The number of hydrogen-bond acceptors (Lipinski definition) is 3. The van der Waals surface area contributed by atoms with E-state index in [1.54, 1.807) is 0 Å². The van der Waals surface area contributed by atoms with Crippen LogP contribution in [0.2, 0.25) is 0 Å². The van der Waals surface area contributed by atoms with Crippen LogP contribution in [-0.2, 0) is 11.3 Å². The van der Waals surface area contributed by atoms with E-state index in [1.165, 1.54) is 0 Å². The van der Waals surface area contributed by atoms with Crippen LogP contribution in [0.4, 0.5) is 0 Å². The smallest absolute Gasteiger partial charge is 0.0945 e. The molecule has 0 aliphatic carbocycles. The fourth-order valence-corrected chi connectivity index (χ4v) is 2.07. The molecule has 1 saturated heterocycles. The molecule has 4 heteroatoms. The summed E-state index contributed by atoms with van der Waals surface area (Å²) >= 11 is 0. The van der Waals surface area contributed by atoms with Crippen molar-refractivity contribution in [2.75, 3.05) is 19.8 Å². The molecule has 0 radical (unpaired) electrons. The lowest BCUT2D eigenvalue weighted by molar-refractivity contribution is 0.0452. The number of ether oxygens (including phenoxy) is 1. The quantitative estimate of drug-likeness (QED) is 0.768. The Morgan fingerprint density at radius 2 is 2.25 bits per heavy atom. The molecule has 0 unspecified atom stereocenters. The maximum atomic E-state index is 5.38. The van der Waals surface area contributed by atoms with Gasteiger partial charge in [-0.15, -0.1) is 0 Å². The van der Waals surface area contributed by atoms with Gasteiger partial charge in [-0.3, -0.25) is 0 Å². The van der Waals surface area contributed by atoms with Gasteiger partial charge in [-0.2, -0.15) is 0 Å². The summed E-state index contributed by atoms with van der Waals surface area (Å²) in [5.41, 5.74) is 0.285. The van der Waals surface area contributed by atoms with Gasteiger partial charge in [0, 0.05) is 37.7 Å². The monoisotopic (exact) mass is 223 g/mol. The van der Waals surface area contributed by atoms with Gasteiger partial charge in [-0.05, 0) is 32.7 Å². The fraction of sp³-hybridized carbons (Fsp3) is 0.750. The largest absolute Gasteiger partial charge is 0.381 e. The average Bonchev–Trinajstić information content (AvgIpc) is 2.78. The first kappa shape index (κ1) is 11.6. The molecule has 1 aliphatic rings. The first-order valence-corrected chi connectivity index (χ1v) is 6.07. The highest BCUT2D eigenvalue weighted by molar-refractivity contribution is 4.85. The molecule has 90 valence electrons. The third-order valence-corrected chi connectivity index (χ3v) is 3.30. The van der Waals surface area contributed by atoms with Gasteiger partial charge in [0.05, 0.1) is 6.33 Å². The maximum absolute atomic E-state index is 5.38. The van der Waals surface area contributed by atoms with Crippen molar-refractivity contribution in [2.24, 2.45) is 0 Å². The van der Waals surface area contributed by atoms with Gasteiger partial charge in [0.1, 0.15) is 0 Å². The minimum Gasteiger partial charge on any atom is -0.381 e. The number of rotatable bonds is 5. The Bertz CT molecular complexity index is 291. The second kappa shape index (κ2) is 5.46. The molecular weight excluding hydrogens is 202 g/mol. The molecule has 0 amide bonds. The van der Waals surface area contributed by atoms with E-state index in [0.717, 1.165) is 45.6 Å². The van der Waals surface area contributed by atoms with E-state index in [-0.39, 0.29) is 5.54 Å². The molecule has 1 aliphatic heterocycles. The summed E-state index contributed by atoms with van der Waals surface area (Å²) < 4.78 is 7.50. The third-order valence-electron chi connectivity index (χ3n) is 3.30. The summed E-state index contributed by atoms with van der Waals surface area (Å²) in [4.78, 5) is 4.03. The van der Waals surface area contributed by atoms with Crippen LogP contribution in [-0.4, -0.2) is 34.8 Å². The van der Waals surface area contributed by atoms with Crippen LogP contribution >= 0.6 is 0 Å². The first-order chi connectivity index (χ1) is 7.79. The van der Waals surface area contributed by atoms with Crippen LogP contribution < -0.4 is 5.32 Å². The van der Waals surface area contributed by atoms with E-state index in [0.29, 0.717) is 0 Å². The number of imidazole rings is 1. The lowest BCUT2D eigenvalue weighted by Crippen LogP contribution is -2.47. The standard InChI is InChI=1S/C12H21N3O/c1-12(3-9-16-10-4-12)14-5-2-7-15-8-6-13-11-15/h6,8,11,14H,2-5,7,9-10H2,1H3. The fourth-order valence-electron chi connectivity index (χ4n) is 2.07. The Balaban J connectivity index is 1.63. The minimum atomic E-state index is 0.285. The van der Waals surface area contributed by atoms with Crippen LogP contribution in [0.5, 0.6) is 0 Å². The van der Waals surface area contributed by atoms with Crippen molar-refractivity contribution in [2.45, 2.75) is 38.3 Å². The number of aromatic nitrogens is 2. The molecule has 0 saturated carbocycles. The molecule has 0 spiro atoms. The summed E-state index contributed by atoms with van der Waals surface area (Å²) in [6.45, 7) is 6.19. The Kier molecular flexibility index (Phi) is 3.96. The molecule has 1 N–H and O–H groups in total. The first-order valence-electron chi connectivity index (χ1n) is 6.07. The molecule has 0 bridgehead atoms. The normalized spacial score (nSPS) is 19.8. The molecule has 1 aromatic rings. The van der Waals surface area contributed by atoms with Crippen LogP contribution in [0.25, 0.3) is 0 Å². The predicted octanol–water partition coefficient (Wildman–Crippen LogP) is 1.43. The Labute approximate surface area is 97.0 Å². The van der Waals surface area contributed by atoms with Crippen molar-refractivity contribution in [3.8, 4) is 0 Å². The van der Waals surface area contributed by atoms with E-state index in [1.807, 2.05) is 18.7 Å². The van der Waals surface area contributed by atoms with Gasteiger partial charge in [0.2, 0.25) is 0 Å². The molecule has 2 heterocycles. The molecule has 16 heavy (non-hydrogen) atoms. The van der Waals surface area contributed by atoms with Crippen molar-refractivity contribution < 1.29 is 4.74 Å². The summed E-state index contributed by atoms with van der Waals surface area (Å²) in [5, 5.41) is 3.65. The topological polar surface area (TPSA) is 39.1 Å². The summed E-state index contributed by atoms with van der Waals surface area (Å²) in [6.07, 6.45) is 9.10. The number of nitrogens with zero attached hydrogens (tertiary/aromatic N) is 2. The zero-order valence-corrected chi connectivity index (χ0v) is 9.98. The molecule has 0 aromatic carbocycles. The molecule has 2 rings (SSSR count). The van der Waals surface area contributed by atoms with E-state index in [4.69, 9.17) is 4.74 Å². The second-order valence-corrected chi connectivity index (χ2v) is 4.75. The van der Waals surface area contributed by atoms with Crippen molar-refractivity contribution in [3.63, 3.8) is 0 Å². The highest BCUT2D eigenvalue weighted by Crippen LogP contribution is 2.19. The van der Waals surface area contributed by atoms with Crippen LogP contribution in [0.1, 0.15) is 26.2 Å². The second-order valence-electron chi connectivity index (χ2n) is 4.75.